The normalized spacial score (nSPS) is 10.4. The largest absolute Gasteiger partial charge is 0.385 e. The van der Waals surface area contributed by atoms with Crippen LogP contribution in [-0.2, 0) is 11.2 Å². The summed E-state index contributed by atoms with van der Waals surface area (Å²) in [5, 5.41) is 6.87. The highest BCUT2D eigenvalue weighted by Crippen LogP contribution is 2.04. The Morgan fingerprint density at radius 2 is 2.36 bits per heavy atom. The third kappa shape index (κ3) is 3.74. The van der Waals surface area contributed by atoms with Crippen LogP contribution in [0.15, 0.2) is 4.52 Å². The fourth-order valence-electron chi connectivity index (χ4n) is 1.03. The Kier molecular flexibility index (Phi) is 4.99. The molecule has 1 N–H and O–H groups in total. The van der Waals surface area contributed by atoms with E-state index in [1.54, 1.807) is 7.11 Å². The molecule has 0 aliphatic heterocycles. The summed E-state index contributed by atoms with van der Waals surface area (Å²) >= 11 is 0. The van der Waals surface area contributed by atoms with Crippen LogP contribution in [0.25, 0.3) is 0 Å². The van der Waals surface area contributed by atoms with Crippen LogP contribution in [0.1, 0.15) is 25.6 Å². The van der Waals surface area contributed by atoms with Crippen LogP contribution >= 0.6 is 0 Å². The summed E-state index contributed by atoms with van der Waals surface area (Å²) in [6, 6.07) is 0.513. The lowest BCUT2D eigenvalue weighted by atomic mass is 10.3. The van der Waals surface area contributed by atoms with Crippen molar-refractivity contribution in [1.82, 2.24) is 10.1 Å². The summed E-state index contributed by atoms with van der Waals surface area (Å²) in [7, 11) is 1.68. The molecule has 0 aliphatic carbocycles. The summed E-state index contributed by atoms with van der Waals surface area (Å²) in [5.41, 5.74) is 0. The molecule has 0 fully saturated rings. The molecule has 1 aromatic rings. The van der Waals surface area contributed by atoms with Gasteiger partial charge in [0.15, 0.2) is 5.82 Å². The minimum atomic E-state index is 0.513. The van der Waals surface area contributed by atoms with E-state index in [4.69, 9.17) is 9.26 Å². The van der Waals surface area contributed by atoms with Crippen molar-refractivity contribution >= 4 is 6.01 Å². The second-order valence-electron chi connectivity index (χ2n) is 3.04. The van der Waals surface area contributed by atoms with Crippen LogP contribution < -0.4 is 5.32 Å². The summed E-state index contributed by atoms with van der Waals surface area (Å²) in [6.45, 7) is 3.68. The average molecular weight is 199 g/mol. The zero-order valence-corrected chi connectivity index (χ0v) is 8.75. The third-order valence-corrected chi connectivity index (χ3v) is 1.74. The van der Waals surface area contributed by atoms with Crippen molar-refractivity contribution in [3.05, 3.63) is 5.82 Å². The highest BCUT2D eigenvalue weighted by atomic mass is 16.5. The highest BCUT2D eigenvalue weighted by molar-refractivity contribution is 5.17. The third-order valence-electron chi connectivity index (χ3n) is 1.74. The second kappa shape index (κ2) is 6.37. The van der Waals surface area contributed by atoms with Gasteiger partial charge < -0.3 is 14.6 Å². The van der Waals surface area contributed by atoms with Gasteiger partial charge in [0.05, 0.1) is 0 Å². The van der Waals surface area contributed by atoms with Gasteiger partial charge in [-0.05, 0) is 12.8 Å². The molecule has 0 aromatic carbocycles. The van der Waals surface area contributed by atoms with Gasteiger partial charge in [-0.3, -0.25) is 0 Å². The van der Waals surface area contributed by atoms with E-state index in [2.05, 4.69) is 22.4 Å². The first-order valence-corrected chi connectivity index (χ1v) is 4.92. The summed E-state index contributed by atoms with van der Waals surface area (Å²) in [4.78, 5) is 4.18. The first kappa shape index (κ1) is 11.0. The number of rotatable bonds is 7. The number of aryl methyl sites for hydroxylation is 1. The van der Waals surface area contributed by atoms with Crippen molar-refractivity contribution in [2.45, 2.75) is 26.2 Å². The standard InChI is InChI=1S/C9H17N3O2/c1-3-6-10-9-11-8(12-14-9)5-4-7-13-2/h3-7H2,1-2H3,(H,10,11,12). The molecule has 0 unspecified atom stereocenters. The molecule has 0 bridgehead atoms. The maximum absolute atomic E-state index is 4.98. The van der Waals surface area contributed by atoms with Gasteiger partial charge in [-0.15, -0.1) is 0 Å². The van der Waals surface area contributed by atoms with E-state index in [0.29, 0.717) is 6.01 Å². The molecule has 1 aromatic heterocycles. The van der Waals surface area contributed by atoms with Crippen molar-refractivity contribution in [3.8, 4) is 0 Å². The Bertz CT molecular complexity index is 250. The van der Waals surface area contributed by atoms with Gasteiger partial charge in [0.2, 0.25) is 0 Å². The van der Waals surface area contributed by atoms with Gasteiger partial charge in [-0.25, -0.2) is 0 Å². The molecular formula is C9H17N3O2. The van der Waals surface area contributed by atoms with Crippen molar-refractivity contribution in [2.24, 2.45) is 0 Å². The minimum absolute atomic E-state index is 0.513. The van der Waals surface area contributed by atoms with Gasteiger partial charge in [0.25, 0.3) is 0 Å². The fourth-order valence-corrected chi connectivity index (χ4v) is 1.03. The minimum Gasteiger partial charge on any atom is -0.385 e. The Morgan fingerprint density at radius 3 is 3.07 bits per heavy atom. The molecule has 1 heterocycles. The van der Waals surface area contributed by atoms with Crippen molar-refractivity contribution < 1.29 is 9.26 Å². The van der Waals surface area contributed by atoms with E-state index in [0.717, 1.165) is 38.2 Å². The van der Waals surface area contributed by atoms with E-state index in [9.17, 15) is 0 Å². The number of anilines is 1. The van der Waals surface area contributed by atoms with Gasteiger partial charge in [-0.2, -0.15) is 4.98 Å². The van der Waals surface area contributed by atoms with Gasteiger partial charge in [-0.1, -0.05) is 12.1 Å². The SMILES string of the molecule is CCCNc1nc(CCCOC)no1. The Balaban J connectivity index is 2.27. The highest BCUT2D eigenvalue weighted by Gasteiger charge is 2.04. The number of nitrogens with one attached hydrogen (secondary N) is 1. The molecular weight excluding hydrogens is 182 g/mol. The van der Waals surface area contributed by atoms with Gasteiger partial charge >= 0.3 is 6.01 Å². The Labute approximate surface area is 83.8 Å². The lowest BCUT2D eigenvalue weighted by Crippen LogP contribution is -2.00. The number of nitrogens with zero attached hydrogens (tertiary/aromatic N) is 2. The molecule has 1 rings (SSSR count). The van der Waals surface area contributed by atoms with Crippen molar-refractivity contribution in [1.29, 1.82) is 0 Å². The summed E-state index contributed by atoms with van der Waals surface area (Å²) in [6.07, 6.45) is 2.76. The van der Waals surface area contributed by atoms with Gasteiger partial charge in [0, 0.05) is 26.7 Å². The molecule has 80 valence electrons. The Hall–Kier alpha value is -1.10. The summed E-state index contributed by atoms with van der Waals surface area (Å²) < 4.78 is 9.92. The van der Waals surface area contributed by atoms with Crippen molar-refractivity contribution in [3.63, 3.8) is 0 Å². The second-order valence-corrected chi connectivity index (χ2v) is 3.04. The zero-order chi connectivity index (χ0) is 10.2. The number of aromatic nitrogens is 2. The molecule has 0 spiro atoms. The Morgan fingerprint density at radius 1 is 1.50 bits per heavy atom. The molecule has 5 nitrogen and oxygen atoms in total. The molecule has 0 aliphatic rings. The van der Waals surface area contributed by atoms with E-state index < -0.39 is 0 Å². The van der Waals surface area contributed by atoms with Crippen LogP contribution in [0.4, 0.5) is 6.01 Å². The quantitative estimate of drug-likeness (QED) is 0.674. The molecule has 0 radical (unpaired) electrons. The maximum Gasteiger partial charge on any atom is 0.321 e. The fraction of sp³-hybridized carbons (Fsp3) is 0.778. The lowest BCUT2D eigenvalue weighted by molar-refractivity contribution is 0.194. The molecule has 14 heavy (non-hydrogen) atoms. The topological polar surface area (TPSA) is 60.2 Å². The van der Waals surface area contributed by atoms with Crippen LogP contribution in [0.5, 0.6) is 0 Å². The zero-order valence-electron chi connectivity index (χ0n) is 8.75. The van der Waals surface area contributed by atoms with E-state index in [-0.39, 0.29) is 0 Å². The maximum atomic E-state index is 4.98. The van der Waals surface area contributed by atoms with Crippen LogP contribution in [0.3, 0.4) is 0 Å². The molecule has 0 saturated carbocycles. The van der Waals surface area contributed by atoms with E-state index in [1.807, 2.05) is 0 Å². The predicted octanol–water partition coefficient (Wildman–Crippen LogP) is 1.47. The number of hydrogen-bond acceptors (Lipinski definition) is 5. The number of methoxy groups -OCH3 is 1. The first-order chi connectivity index (χ1) is 6.86. The molecule has 0 saturated heterocycles. The lowest BCUT2D eigenvalue weighted by Gasteiger charge is -1.94. The van der Waals surface area contributed by atoms with Crippen LogP contribution in [0.2, 0.25) is 0 Å². The van der Waals surface area contributed by atoms with E-state index in [1.165, 1.54) is 0 Å². The molecule has 0 atom stereocenters. The average Bonchev–Trinajstić information content (AvgIpc) is 2.63. The smallest absolute Gasteiger partial charge is 0.321 e. The first-order valence-electron chi connectivity index (χ1n) is 4.92. The predicted molar refractivity (Wildman–Crippen MR) is 53.3 cm³/mol. The summed E-state index contributed by atoms with van der Waals surface area (Å²) in [5.74, 6) is 0.737. The molecule has 5 heteroatoms. The monoisotopic (exact) mass is 199 g/mol. The van der Waals surface area contributed by atoms with Crippen molar-refractivity contribution in [2.75, 3.05) is 25.6 Å². The number of ether oxygens (including phenoxy) is 1. The van der Waals surface area contributed by atoms with Crippen LogP contribution in [0, 0.1) is 0 Å². The number of hydrogen-bond donors (Lipinski definition) is 1. The van der Waals surface area contributed by atoms with E-state index >= 15 is 0 Å². The van der Waals surface area contributed by atoms with Gasteiger partial charge in [0.1, 0.15) is 0 Å². The van der Waals surface area contributed by atoms with Crippen LogP contribution in [-0.4, -0.2) is 30.4 Å². The molecule has 0 amide bonds.